The van der Waals surface area contributed by atoms with Crippen LogP contribution in [0.1, 0.15) is 22.2 Å². The second-order valence-corrected chi connectivity index (χ2v) is 7.59. The predicted molar refractivity (Wildman–Crippen MR) is 111 cm³/mol. The summed E-state index contributed by atoms with van der Waals surface area (Å²) in [4.78, 5) is 18.7. The Bertz CT molecular complexity index is 1250. The monoisotopic (exact) mass is 391 g/mol. The summed E-state index contributed by atoms with van der Waals surface area (Å²) in [5.74, 6) is 1.01. The summed E-state index contributed by atoms with van der Waals surface area (Å²) in [5, 5.41) is 4.71. The van der Waals surface area contributed by atoms with Gasteiger partial charge in [-0.1, -0.05) is 13.0 Å². The zero-order valence-electron chi connectivity index (χ0n) is 15.1. The predicted octanol–water partition coefficient (Wildman–Crippen LogP) is 4.58. The molecular formula is C21H17N3O3S. The fourth-order valence-corrected chi connectivity index (χ4v) is 4.28. The van der Waals surface area contributed by atoms with Crippen molar-refractivity contribution < 1.29 is 14.3 Å². The third kappa shape index (κ3) is 2.71. The highest BCUT2D eigenvalue weighted by atomic mass is 32.1. The Balaban J connectivity index is 1.51. The molecule has 2 aromatic heterocycles. The van der Waals surface area contributed by atoms with Crippen LogP contribution >= 0.6 is 11.3 Å². The highest BCUT2D eigenvalue weighted by Crippen LogP contribution is 2.37. The van der Waals surface area contributed by atoms with Crippen LogP contribution in [0.15, 0.2) is 42.5 Å². The molecule has 140 valence electrons. The molecular weight excluding hydrogens is 374 g/mol. The van der Waals surface area contributed by atoms with Crippen LogP contribution in [0.3, 0.4) is 0 Å². The van der Waals surface area contributed by atoms with E-state index >= 15 is 0 Å². The van der Waals surface area contributed by atoms with E-state index in [4.69, 9.17) is 20.2 Å². The zero-order chi connectivity index (χ0) is 19.3. The van der Waals surface area contributed by atoms with Gasteiger partial charge in [-0.15, -0.1) is 11.3 Å². The van der Waals surface area contributed by atoms with Crippen molar-refractivity contribution in [1.29, 1.82) is 0 Å². The lowest BCUT2D eigenvalue weighted by atomic mass is 10.1. The summed E-state index contributed by atoms with van der Waals surface area (Å²) in [7, 11) is 0. The maximum Gasteiger partial charge on any atom is 0.267 e. The molecule has 5 rings (SSSR count). The molecule has 0 saturated carbocycles. The Kier molecular flexibility index (Phi) is 3.84. The number of nitrogens with one attached hydrogen (secondary N) is 1. The Morgan fingerprint density at radius 3 is 2.89 bits per heavy atom. The number of aromatic nitrogens is 1. The molecule has 1 amide bonds. The van der Waals surface area contributed by atoms with Gasteiger partial charge in [-0.25, -0.2) is 4.98 Å². The molecule has 28 heavy (non-hydrogen) atoms. The number of aryl methyl sites for hydroxylation is 1. The number of nitrogens with two attached hydrogens (primary N) is 1. The third-order valence-corrected chi connectivity index (χ3v) is 5.94. The Morgan fingerprint density at radius 1 is 1.18 bits per heavy atom. The topological polar surface area (TPSA) is 86.5 Å². The highest BCUT2D eigenvalue weighted by molar-refractivity contribution is 7.21. The summed E-state index contributed by atoms with van der Waals surface area (Å²) in [6.45, 7) is 2.31. The molecule has 7 heteroatoms. The number of carbonyl (C=O) groups is 1. The number of carbonyl (C=O) groups excluding carboxylic acids is 1. The van der Waals surface area contributed by atoms with Gasteiger partial charge in [0, 0.05) is 22.5 Å². The van der Waals surface area contributed by atoms with E-state index in [1.54, 1.807) is 18.2 Å². The number of fused-ring (bicyclic) bond motifs is 3. The molecule has 1 aliphatic heterocycles. The first kappa shape index (κ1) is 16.8. The molecule has 0 atom stereocenters. The minimum atomic E-state index is -0.266. The number of rotatable bonds is 3. The minimum absolute atomic E-state index is 0.189. The molecule has 0 unspecified atom stereocenters. The molecule has 4 aromatic rings. The van der Waals surface area contributed by atoms with E-state index in [9.17, 15) is 4.79 Å². The Labute approximate surface area is 164 Å². The van der Waals surface area contributed by atoms with Gasteiger partial charge in [-0.05, 0) is 42.3 Å². The van der Waals surface area contributed by atoms with Crippen LogP contribution in [0.4, 0.5) is 11.4 Å². The van der Waals surface area contributed by atoms with E-state index < -0.39 is 0 Å². The van der Waals surface area contributed by atoms with Crippen molar-refractivity contribution in [1.82, 2.24) is 4.98 Å². The molecule has 3 heterocycles. The first-order valence-electron chi connectivity index (χ1n) is 8.95. The largest absolute Gasteiger partial charge is 0.454 e. The van der Waals surface area contributed by atoms with Gasteiger partial charge in [0.05, 0.1) is 11.2 Å². The number of ether oxygens (including phenoxy) is 2. The normalized spacial score (nSPS) is 12.6. The minimum Gasteiger partial charge on any atom is -0.454 e. The van der Waals surface area contributed by atoms with Gasteiger partial charge in [-0.2, -0.15) is 0 Å². The molecule has 2 aromatic carbocycles. The Hall–Kier alpha value is -3.32. The second-order valence-electron chi connectivity index (χ2n) is 6.59. The summed E-state index contributed by atoms with van der Waals surface area (Å²) >= 11 is 1.30. The first-order valence-corrected chi connectivity index (χ1v) is 9.76. The fraction of sp³-hybridized carbons (Fsp3) is 0.143. The van der Waals surface area contributed by atoms with Gasteiger partial charge in [0.1, 0.15) is 9.71 Å². The number of amides is 1. The van der Waals surface area contributed by atoms with Gasteiger partial charge in [0.25, 0.3) is 5.91 Å². The smallest absolute Gasteiger partial charge is 0.267 e. The number of nitrogens with zero attached hydrogens (tertiary/aromatic N) is 1. The number of nitrogen functional groups attached to an aromatic ring is 1. The van der Waals surface area contributed by atoms with Gasteiger partial charge < -0.3 is 20.5 Å². The van der Waals surface area contributed by atoms with Crippen molar-refractivity contribution in [2.75, 3.05) is 17.8 Å². The lowest BCUT2D eigenvalue weighted by Gasteiger charge is -2.05. The quantitative estimate of drug-likeness (QED) is 0.534. The summed E-state index contributed by atoms with van der Waals surface area (Å²) in [6, 6.07) is 13.5. The van der Waals surface area contributed by atoms with E-state index in [1.165, 1.54) is 16.9 Å². The molecule has 0 fully saturated rings. The molecule has 6 nitrogen and oxygen atoms in total. The third-order valence-electron chi connectivity index (χ3n) is 4.82. The van der Waals surface area contributed by atoms with Crippen LogP contribution in [0.5, 0.6) is 11.5 Å². The number of hydrogen-bond acceptors (Lipinski definition) is 6. The van der Waals surface area contributed by atoms with E-state index in [1.807, 2.05) is 12.1 Å². The van der Waals surface area contributed by atoms with E-state index in [0.717, 1.165) is 27.5 Å². The molecule has 0 radical (unpaired) electrons. The number of pyridine rings is 1. The van der Waals surface area contributed by atoms with Crippen molar-refractivity contribution in [3.8, 4) is 11.5 Å². The molecule has 0 bridgehead atoms. The molecule has 1 aliphatic rings. The van der Waals surface area contributed by atoms with Crippen LogP contribution in [0.25, 0.3) is 21.1 Å². The van der Waals surface area contributed by atoms with Crippen LogP contribution < -0.4 is 20.5 Å². The van der Waals surface area contributed by atoms with Crippen LogP contribution in [-0.2, 0) is 6.42 Å². The average molecular weight is 391 g/mol. The average Bonchev–Trinajstić information content (AvgIpc) is 3.30. The first-order chi connectivity index (χ1) is 13.6. The van der Waals surface area contributed by atoms with E-state index in [-0.39, 0.29) is 12.7 Å². The Morgan fingerprint density at radius 2 is 2.04 bits per heavy atom. The van der Waals surface area contributed by atoms with Gasteiger partial charge in [0.2, 0.25) is 6.79 Å². The van der Waals surface area contributed by atoms with Gasteiger partial charge in [0.15, 0.2) is 11.5 Å². The molecule has 0 spiro atoms. The van der Waals surface area contributed by atoms with Gasteiger partial charge >= 0.3 is 0 Å². The standard InChI is InChI=1S/C21H17N3O3S/c1-2-11-3-5-15-12(7-11)8-14-18(22)19(28-21(14)24-15)20(25)23-13-4-6-16-17(9-13)27-10-26-16/h3-9H,2,10,22H2,1H3,(H,23,25). The molecule has 0 saturated heterocycles. The summed E-state index contributed by atoms with van der Waals surface area (Å²) < 4.78 is 10.7. The summed E-state index contributed by atoms with van der Waals surface area (Å²) in [6.07, 6.45) is 0.955. The molecule has 3 N–H and O–H groups in total. The van der Waals surface area contributed by atoms with Crippen LogP contribution in [-0.4, -0.2) is 17.7 Å². The second kappa shape index (κ2) is 6.38. The highest BCUT2D eigenvalue weighted by Gasteiger charge is 2.20. The SMILES string of the molecule is CCc1ccc2nc3sc(C(=O)Nc4ccc5c(c4)OCO5)c(N)c3cc2c1. The fourth-order valence-electron chi connectivity index (χ4n) is 3.30. The maximum atomic E-state index is 12.8. The van der Waals surface area contributed by atoms with Crippen molar-refractivity contribution in [2.24, 2.45) is 0 Å². The van der Waals surface area contributed by atoms with Crippen molar-refractivity contribution in [3.63, 3.8) is 0 Å². The number of benzene rings is 2. The summed E-state index contributed by atoms with van der Waals surface area (Å²) in [5.41, 5.74) is 9.52. The number of anilines is 2. The molecule has 0 aliphatic carbocycles. The van der Waals surface area contributed by atoms with Crippen LogP contribution in [0, 0.1) is 0 Å². The van der Waals surface area contributed by atoms with Crippen molar-refractivity contribution >= 4 is 49.7 Å². The lowest BCUT2D eigenvalue weighted by molar-refractivity contribution is 0.103. The van der Waals surface area contributed by atoms with Gasteiger partial charge in [-0.3, -0.25) is 4.79 Å². The van der Waals surface area contributed by atoms with Crippen molar-refractivity contribution in [2.45, 2.75) is 13.3 Å². The van der Waals surface area contributed by atoms with E-state index in [0.29, 0.717) is 27.8 Å². The number of hydrogen-bond donors (Lipinski definition) is 2. The zero-order valence-corrected chi connectivity index (χ0v) is 15.9. The lowest BCUT2D eigenvalue weighted by Crippen LogP contribution is -2.11. The van der Waals surface area contributed by atoms with Crippen LogP contribution in [0.2, 0.25) is 0 Å². The van der Waals surface area contributed by atoms with E-state index in [2.05, 4.69) is 24.4 Å². The number of thiophene rings is 1. The maximum absolute atomic E-state index is 12.8. The van der Waals surface area contributed by atoms with Crippen molar-refractivity contribution in [3.05, 3.63) is 52.9 Å².